The third-order valence-electron chi connectivity index (χ3n) is 5.49. The van der Waals surface area contributed by atoms with E-state index in [0.717, 1.165) is 22.4 Å². The van der Waals surface area contributed by atoms with Crippen LogP contribution in [0.5, 0.6) is 0 Å². The lowest BCUT2D eigenvalue weighted by molar-refractivity contribution is -0.141. The van der Waals surface area contributed by atoms with Gasteiger partial charge in [0.05, 0.1) is 12.0 Å². The zero-order chi connectivity index (χ0) is 20.8. The van der Waals surface area contributed by atoms with Gasteiger partial charge >= 0.3 is 5.97 Å². The van der Waals surface area contributed by atoms with Gasteiger partial charge in [0.15, 0.2) is 0 Å². The van der Waals surface area contributed by atoms with Gasteiger partial charge in [0.25, 0.3) is 5.91 Å². The molecule has 3 aliphatic rings. The van der Waals surface area contributed by atoms with Crippen molar-refractivity contribution >= 4 is 47.0 Å². The molecule has 0 saturated carbocycles. The average molecular weight is 439 g/mol. The second kappa shape index (κ2) is 7.45. The molecule has 152 valence electrons. The van der Waals surface area contributed by atoms with Crippen LogP contribution in [0, 0.1) is 0 Å². The predicted octanol–water partition coefficient (Wildman–Crippen LogP) is 3.10. The van der Waals surface area contributed by atoms with Gasteiger partial charge in [0, 0.05) is 28.3 Å². The Morgan fingerprint density at radius 1 is 1.23 bits per heavy atom. The van der Waals surface area contributed by atoms with Crippen molar-refractivity contribution in [2.24, 2.45) is 0 Å². The van der Waals surface area contributed by atoms with Crippen LogP contribution in [0.2, 0.25) is 0 Å². The zero-order valence-electron chi connectivity index (χ0n) is 15.9. The minimum atomic E-state index is -1.08. The highest BCUT2D eigenvalue weighted by Gasteiger charge is 2.49. The van der Waals surface area contributed by atoms with Crippen molar-refractivity contribution in [3.05, 3.63) is 74.0 Å². The first-order valence-electron chi connectivity index (χ1n) is 9.58. The molecule has 6 nitrogen and oxygen atoms in total. The molecule has 0 bridgehead atoms. The molecule has 8 heteroatoms. The van der Waals surface area contributed by atoms with Gasteiger partial charge < -0.3 is 10.0 Å². The fraction of sp³-hybridized carbons (Fsp3) is 0.227. The van der Waals surface area contributed by atoms with Crippen LogP contribution in [0.25, 0.3) is 6.08 Å². The molecule has 1 atom stereocenters. The number of hydrogen-bond donors (Lipinski definition) is 1. The summed E-state index contributed by atoms with van der Waals surface area (Å²) in [4.78, 5) is 41.8. The van der Waals surface area contributed by atoms with Gasteiger partial charge in [-0.1, -0.05) is 30.3 Å². The van der Waals surface area contributed by atoms with Crippen LogP contribution in [-0.2, 0) is 33.8 Å². The summed E-state index contributed by atoms with van der Waals surface area (Å²) in [6, 6.07) is 11.8. The van der Waals surface area contributed by atoms with E-state index in [-0.39, 0.29) is 22.9 Å². The Kier molecular flexibility index (Phi) is 4.75. The number of carboxylic acid groups (broad SMARTS) is 1. The summed E-state index contributed by atoms with van der Waals surface area (Å²) in [6.07, 6.45) is 3.08. The van der Waals surface area contributed by atoms with E-state index in [1.54, 1.807) is 11.3 Å². The lowest BCUT2D eigenvalue weighted by Gasteiger charge is -2.37. The number of thiophene rings is 1. The number of benzene rings is 1. The summed E-state index contributed by atoms with van der Waals surface area (Å²) in [5.41, 5.74) is 2.82. The number of carbonyl (C=O) groups is 3. The van der Waals surface area contributed by atoms with Crippen LogP contribution in [0.3, 0.4) is 0 Å². The fourth-order valence-corrected chi connectivity index (χ4v) is 6.18. The fourth-order valence-electron chi connectivity index (χ4n) is 3.94. The van der Waals surface area contributed by atoms with Gasteiger partial charge in [-0.3, -0.25) is 14.5 Å². The summed E-state index contributed by atoms with van der Waals surface area (Å²) in [5, 5.41) is 10.5. The van der Waals surface area contributed by atoms with Crippen LogP contribution < -0.4 is 0 Å². The SMILES string of the molecule is O=C(O)C1=CSC2/C(=C\c3cc4c(s3)CCN(C(=O)Cc3ccccc3)C4)C(=O)N12. The molecule has 3 aliphatic heterocycles. The molecule has 1 unspecified atom stereocenters. The molecule has 2 amide bonds. The second-order valence-corrected chi connectivity index (χ2v) is 9.52. The molecule has 5 rings (SSSR count). The molecule has 1 aromatic carbocycles. The van der Waals surface area contributed by atoms with E-state index in [0.29, 0.717) is 25.1 Å². The van der Waals surface area contributed by atoms with Gasteiger partial charge in [0.2, 0.25) is 5.91 Å². The third kappa shape index (κ3) is 3.26. The molecule has 0 radical (unpaired) electrons. The van der Waals surface area contributed by atoms with Crippen molar-refractivity contribution in [3.63, 3.8) is 0 Å². The lowest BCUT2D eigenvalue weighted by atomic mass is 10.0. The molecule has 0 spiro atoms. The largest absolute Gasteiger partial charge is 0.477 e. The Hall–Kier alpha value is -2.84. The Morgan fingerprint density at radius 3 is 2.80 bits per heavy atom. The number of aliphatic carboxylic acids is 1. The minimum absolute atomic E-state index is 0.0465. The highest BCUT2D eigenvalue weighted by Crippen LogP contribution is 2.45. The summed E-state index contributed by atoms with van der Waals surface area (Å²) >= 11 is 2.99. The Labute approximate surface area is 181 Å². The maximum atomic E-state index is 12.7. The molecule has 1 fully saturated rings. The van der Waals surface area contributed by atoms with Crippen molar-refractivity contribution in [2.45, 2.75) is 24.8 Å². The predicted molar refractivity (Wildman–Crippen MR) is 116 cm³/mol. The van der Waals surface area contributed by atoms with Crippen LogP contribution >= 0.6 is 23.1 Å². The number of thioether (sulfide) groups is 1. The first-order valence-corrected chi connectivity index (χ1v) is 11.3. The molecule has 0 aliphatic carbocycles. The van der Waals surface area contributed by atoms with Gasteiger partial charge in [-0.2, -0.15) is 0 Å². The van der Waals surface area contributed by atoms with Crippen LogP contribution in [0.1, 0.15) is 20.9 Å². The number of carbonyl (C=O) groups excluding carboxylic acids is 2. The summed E-state index contributed by atoms with van der Waals surface area (Å²) in [5.74, 6) is -1.20. The summed E-state index contributed by atoms with van der Waals surface area (Å²) in [7, 11) is 0. The molecular formula is C22H18N2O4S2. The number of hydrogen-bond acceptors (Lipinski definition) is 5. The molecule has 2 aromatic rings. The minimum Gasteiger partial charge on any atom is -0.477 e. The number of nitrogens with zero attached hydrogens (tertiary/aromatic N) is 2. The maximum absolute atomic E-state index is 12.7. The number of amides is 2. The number of rotatable bonds is 4. The standard InChI is InChI=1S/C22H18N2O4S2/c25-19(8-13-4-2-1-3-5-13)23-7-6-18-14(11-23)9-15(30-18)10-16-20(26)24-17(22(27)28)12-29-21(16)24/h1-5,9-10,12,21H,6-8,11H2,(H,27,28)/b16-10-. The Morgan fingerprint density at radius 2 is 2.03 bits per heavy atom. The normalized spacial score (nSPS) is 21.2. The molecule has 1 saturated heterocycles. The highest BCUT2D eigenvalue weighted by molar-refractivity contribution is 8.03. The summed E-state index contributed by atoms with van der Waals surface area (Å²) < 4.78 is 0. The van der Waals surface area contributed by atoms with Crippen LogP contribution in [-0.4, -0.2) is 44.6 Å². The Balaban J connectivity index is 1.28. The summed E-state index contributed by atoms with van der Waals surface area (Å²) in [6.45, 7) is 1.29. The smallest absolute Gasteiger partial charge is 0.353 e. The van der Waals surface area contributed by atoms with Gasteiger partial charge in [0.1, 0.15) is 11.1 Å². The maximum Gasteiger partial charge on any atom is 0.353 e. The molecule has 1 N–H and O–H groups in total. The van der Waals surface area contributed by atoms with Gasteiger partial charge in [-0.15, -0.1) is 23.1 Å². The second-order valence-electron chi connectivity index (χ2n) is 7.40. The van der Waals surface area contributed by atoms with E-state index in [9.17, 15) is 19.5 Å². The topological polar surface area (TPSA) is 77.9 Å². The Bertz CT molecular complexity index is 1120. The monoisotopic (exact) mass is 438 g/mol. The van der Waals surface area contributed by atoms with E-state index >= 15 is 0 Å². The zero-order valence-corrected chi connectivity index (χ0v) is 17.5. The molecule has 4 heterocycles. The van der Waals surface area contributed by atoms with Crippen molar-refractivity contribution < 1.29 is 19.5 Å². The number of β-lactam (4-membered cyclic amide) rings is 1. The first-order chi connectivity index (χ1) is 14.5. The third-order valence-corrected chi connectivity index (χ3v) is 7.75. The van der Waals surface area contributed by atoms with Crippen LogP contribution in [0.4, 0.5) is 0 Å². The average Bonchev–Trinajstić information content (AvgIpc) is 3.33. The van der Waals surface area contributed by atoms with Crippen molar-refractivity contribution in [1.82, 2.24) is 9.80 Å². The van der Waals surface area contributed by atoms with E-state index in [1.165, 1.54) is 26.9 Å². The highest BCUT2D eigenvalue weighted by atomic mass is 32.2. The van der Waals surface area contributed by atoms with Gasteiger partial charge in [-0.25, -0.2) is 4.79 Å². The van der Waals surface area contributed by atoms with Gasteiger partial charge in [-0.05, 0) is 29.7 Å². The van der Waals surface area contributed by atoms with E-state index < -0.39 is 5.97 Å². The van der Waals surface area contributed by atoms with E-state index in [1.807, 2.05) is 41.3 Å². The van der Waals surface area contributed by atoms with Crippen molar-refractivity contribution in [2.75, 3.05) is 6.54 Å². The van der Waals surface area contributed by atoms with Crippen LogP contribution in [0.15, 0.2) is 53.1 Å². The molecular weight excluding hydrogens is 420 g/mol. The quantitative estimate of drug-likeness (QED) is 0.586. The lowest BCUT2D eigenvalue weighted by Crippen LogP contribution is -2.51. The molecule has 30 heavy (non-hydrogen) atoms. The number of fused-ring (bicyclic) bond motifs is 2. The number of carboxylic acids is 1. The first kappa shape index (κ1) is 19.1. The van der Waals surface area contributed by atoms with E-state index in [4.69, 9.17) is 0 Å². The van der Waals surface area contributed by atoms with E-state index in [2.05, 4.69) is 6.07 Å². The van der Waals surface area contributed by atoms with Crippen molar-refractivity contribution in [3.8, 4) is 0 Å². The van der Waals surface area contributed by atoms with Crippen molar-refractivity contribution in [1.29, 1.82) is 0 Å². The molecule has 1 aromatic heterocycles.